The summed E-state index contributed by atoms with van der Waals surface area (Å²) in [5.41, 5.74) is 0.974. The molecule has 1 N–H and O–H groups in total. The lowest BCUT2D eigenvalue weighted by Gasteiger charge is -2.03. The number of hydrogen-bond acceptors (Lipinski definition) is 4. The number of carboxylic acid groups (broad SMARTS) is 1. The number of carboxylic acids is 1. The molecule has 0 unspecified atom stereocenters. The second-order valence-electron chi connectivity index (χ2n) is 3.02. The minimum Gasteiger partial charge on any atom is -0.481 e. The molecule has 0 aliphatic carbocycles. The zero-order valence-electron chi connectivity index (χ0n) is 8.80. The van der Waals surface area contributed by atoms with Gasteiger partial charge in [0.15, 0.2) is 0 Å². The summed E-state index contributed by atoms with van der Waals surface area (Å²) in [6.07, 6.45) is 1.22. The predicted molar refractivity (Wildman–Crippen MR) is 61.2 cm³/mol. The maximum absolute atomic E-state index is 11.5. The maximum atomic E-state index is 11.5. The van der Waals surface area contributed by atoms with Crippen molar-refractivity contribution in [1.29, 1.82) is 0 Å². The zero-order valence-corrected chi connectivity index (χ0v) is 9.62. The highest BCUT2D eigenvalue weighted by Crippen LogP contribution is 2.14. The van der Waals surface area contributed by atoms with Crippen LogP contribution in [-0.4, -0.2) is 23.7 Å². The fourth-order valence-electron chi connectivity index (χ4n) is 1.13. The van der Waals surface area contributed by atoms with Gasteiger partial charge in [-0.05, 0) is 35.4 Å². The minimum absolute atomic E-state index is 0.160. The van der Waals surface area contributed by atoms with Crippen LogP contribution in [0.15, 0.2) is 22.4 Å². The third-order valence-electron chi connectivity index (χ3n) is 1.76. The summed E-state index contributed by atoms with van der Waals surface area (Å²) in [5.74, 6) is -1.62. The number of aliphatic carboxylic acids is 1. The Kier molecular flexibility index (Phi) is 4.72. The molecule has 0 fully saturated rings. The van der Waals surface area contributed by atoms with Crippen molar-refractivity contribution in [1.82, 2.24) is 0 Å². The first-order valence-corrected chi connectivity index (χ1v) is 5.69. The summed E-state index contributed by atoms with van der Waals surface area (Å²) in [7, 11) is 0. The van der Waals surface area contributed by atoms with Gasteiger partial charge in [-0.1, -0.05) is 0 Å². The number of esters is 1. The van der Waals surface area contributed by atoms with E-state index in [1.807, 2.05) is 16.8 Å². The normalized spacial score (nSPS) is 11.2. The number of carbonyl (C=O) groups excluding carboxylic acids is 1. The van der Waals surface area contributed by atoms with E-state index in [0.29, 0.717) is 0 Å². The van der Waals surface area contributed by atoms with Crippen molar-refractivity contribution >= 4 is 29.4 Å². The Labute approximate surface area is 97.2 Å². The van der Waals surface area contributed by atoms with Crippen LogP contribution in [0.4, 0.5) is 0 Å². The van der Waals surface area contributed by atoms with Gasteiger partial charge in [0.05, 0.1) is 13.0 Å². The Morgan fingerprint density at radius 1 is 1.56 bits per heavy atom. The lowest BCUT2D eigenvalue weighted by molar-refractivity contribution is -0.142. The van der Waals surface area contributed by atoms with Gasteiger partial charge < -0.3 is 9.84 Å². The molecule has 0 spiro atoms. The smallest absolute Gasteiger partial charge is 0.334 e. The Morgan fingerprint density at radius 3 is 2.81 bits per heavy atom. The second-order valence-corrected chi connectivity index (χ2v) is 3.80. The largest absolute Gasteiger partial charge is 0.481 e. The fourth-order valence-corrected chi connectivity index (χ4v) is 1.75. The molecule has 0 radical (unpaired) electrons. The van der Waals surface area contributed by atoms with E-state index < -0.39 is 11.9 Å². The van der Waals surface area contributed by atoms with Gasteiger partial charge >= 0.3 is 11.9 Å². The number of ether oxygens (including phenoxy) is 1. The van der Waals surface area contributed by atoms with Gasteiger partial charge in [-0.25, -0.2) is 4.79 Å². The van der Waals surface area contributed by atoms with Gasteiger partial charge in [-0.3, -0.25) is 4.79 Å². The fraction of sp³-hybridized carbons (Fsp3) is 0.273. The molecule has 1 aromatic heterocycles. The Bertz CT molecular complexity index is 392. The maximum Gasteiger partial charge on any atom is 0.334 e. The Morgan fingerprint density at radius 2 is 2.31 bits per heavy atom. The third-order valence-corrected chi connectivity index (χ3v) is 2.46. The van der Waals surface area contributed by atoms with Gasteiger partial charge in [0, 0.05) is 5.57 Å². The van der Waals surface area contributed by atoms with Crippen LogP contribution in [0.5, 0.6) is 0 Å². The number of carbonyl (C=O) groups is 2. The number of thiophene rings is 1. The quantitative estimate of drug-likeness (QED) is 0.632. The van der Waals surface area contributed by atoms with E-state index in [0.717, 1.165) is 5.56 Å². The molecule has 5 heteroatoms. The first kappa shape index (κ1) is 12.4. The molecule has 86 valence electrons. The van der Waals surface area contributed by atoms with Crippen LogP contribution < -0.4 is 0 Å². The predicted octanol–water partition coefficient (Wildman–Crippen LogP) is 2.17. The highest BCUT2D eigenvalue weighted by atomic mass is 32.1. The van der Waals surface area contributed by atoms with E-state index in [1.54, 1.807) is 13.0 Å². The summed E-state index contributed by atoms with van der Waals surface area (Å²) >= 11 is 1.48. The van der Waals surface area contributed by atoms with E-state index in [4.69, 9.17) is 9.84 Å². The van der Waals surface area contributed by atoms with Crippen molar-refractivity contribution in [3.8, 4) is 0 Å². The van der Waals surface area contributed by atoms with Crippen molar-refractivity contribution in [2.24, 2.45) is 0 Å². The van der Waals surface area contributed by atoms with Gasteiger partial charge in [0.1, 0.15) is 0 Å². The van der Waals surface area contributed by atoms with E-state index in [-0.39, 0.29) is 18.6 Å². The SMILES string of the molecule is CCOC(=O)/C(=C/c1ccsc1)CC(=O)O. The Hall–Kier alpha value is -1.62. The minimum atomic E-state index is -1.05. The summed E-state index contributed by atoms with van der Waals surface area (Å²) in [4.78, 5) is 22.1. The highest BCUT2D eigenvalue weighted by Gasteiger charge is 2.14. The summed E-state index contributed by atoms with van der Waals surface area (Å²) in [6.45, 7) is 1.92. The molecule has 4 nitrogen and oxygen atoms in total. The van der Waals surface area contributed by atoms with Crippen LogP contribution in [0.25, 0.3) is 6.08 Å². The molecule has 0 saturated carbocycles. The molecule has 0 saturated heterocycles. The molecule has 0 bridgehead atoms. The van der Waals surface area contributed by atoms with Crippen LogP contribution in [0, 0.1) is 0 Å². The molecule has 1 aromatic rings. The standard InChI is InChI=1S/C11H12O4S/c1-2-15-11(14)9(6-10(12)13)5-8-3-4-16-7-8/h3-5,7H,2,6H2,1H3,(H,12,13)/b9-5+. The van der Waals surface area contributed by atoms with E-state index in [1.165, 1.54) is 11.3 Å². The molecule has 16 heavy (non-hydrogen) atoms. The summed E-state index contributed by atoms with van der Waals surface area (Å²) in [6, 6.07) is 1.81. The lowest BCUT2D eigenvalue weighted by Crippen LogP contribution is -2.11. The number of rotatable bonds is 5. The molecule has 0 aliphatic rings. The molecule has 0 aliphatic heterocycles. The average Bonchev–Trinajstić information content (AvgIpc) is 2.69. The summed E-state index contributed by atoms with van der Waals surface area (Å²) < 4.78 is 4.79. The topological polar surface area (TPSA) is 63.6 Å². The third kappa shape index (κ3) is 3.86. The highest BCUT2D eigenvalue weighted by molar-refractivity contribution is 7.08. The first-order chi connectivity index (χ1) is 7.63. The van der Waals surface area contributed by atoms with Gasteiger partial charge in [-0.2, -0.15) is 11.3 Å². The van der Waals surface area contributed by atoms with Crippen LogP contribution in [-0.2, 0) is 14.3 Å². The molecular formula is C11H12O4S. The molecule has 1 rings (SSSR count). The van der Waals surface area contributed by atoms with Gasteiger partial charge in [0.2, 0.25) is 0 Å². The van der Waals surface area contributed by atoms with Gasteiger partial charge in [0.25, 0.3) is 0 Å². The van der Waals surface area contributed by atoms with Crippen LogP contribution in [0.2, 0.25) is 0 Å². The molecule has 0 amide bonds. The van der Waals surface area contributed by atoms with E-state index in [9.17, 15) is 9.59 Å². The summed E-state index contributed by atoms with van der Waals surface area (Å²) in [5, 5.41) is 12.4. The van der Waals surface area contributed by atoms with Crippen LogP contribution in [0.1, 0.15) is 18.9 Å². The molecule has 1 heterocycles. The van der Waals surface area contributed by atoms with Gasteiger partial charge in [-0.15, -0.1) is 0 Å². The van der Waals surface area contributed by atoms with E-state index >= 15 is 0 Å². The van der Waals surface area contributed by atoms with Crippen molar-refractivity contribution < 1.29 is 19.4 Å². The zero-order chi connectivity index (χ0) is 12.0. The van der Waals surface area contributed by atoms with Crippen LogP contribution >= 0.6 is 11.3 Å². The van der Waals surface area contributed by atoms with Crippen molar-refractivity contribution in [2.45, 2.75) is 13.3 Å². The number of hydrogen-bond donors (Lipinski definition) is 1. The second kappa shape index (κ2) is 6.07. The van der Waals surface area contributed by atoms with Crippen LogP contribution in [0.3, 0.4) is 0 Å². The molecular weight excluding hydrogens is 228 g/mol. The molecule has 0 aromatic carbocycles. The lowest BCUT2D eigenvalue weighted by atomic mass is 10.1. The first-order valence-electron chi connectivity index (χ1n) is 4.75. The average molecular weight is 240 g/mol. The monoisotopic (exact) mass is 240 g/mol. The van der Waals surface area contributed by atoms with E-state index in [2.05, 4.69) is 0 Å². The van der Waals surface area contributed by atoms with Crippen molar-refractivity contribution in [2.75, 3.05) is 6.61 Å². The van der Waals surface area contributed by atoms with Crippen molar-refractivity contribution in [3.63, 3.8) is 0 Å². The van der Waals surface area contributed by atoms with Crippen molar-refractivity contribution in [3.05, 3.63) is 28.0 Å². The Balaban J connectivity index is 2.86. The molecule has 0 atom stereocenters.